The second-order valence-electron chi connectivity index (χ2n) is 11.4. The summed E-state index contributed by atoms with van der Waals surface area (Å²) in [4.78, 5) is 16.2. The van der Waals surface area contributed by atoms with Crippen LogP contribution in [0.1, 0.15) is 68.0 Å². The maximum absolute atomic E-state index is 11.5. The standard InChI is InChI=1S/C35H38ClNO3S/c1-5-25(30(6-2)34(3,4)40)13-17-32(41-23-35(18-19-35)22-33(38)39)27-9-7-8-24(20-27)10-15-29-16-12-26-11-14-28(36)21-31(26)37-29/h5-12,14-16,20-21,32,40H,1-2,13,17-19,22-23H2,3-4H3,(H,38,39). The van der Waals surface area contributed by atoms with Crippen molar-refractivity contribution < 1.29 is 15.0 Å². The number of nitrogens with zero attached hydrogens (tertiary/aromatic N) is 1. The van der Waals surface area contributed by atoms with Gasteiger partial charge in [-0.2, -0.15) is 11.8 Å². The zero-order chi connectivity index (χ0) is 29.6. The number of hydrogen-bond acceptors (Lipinski definition) is 4. The maximum atomic E-state index is 11.5. The fourth-order valence-corrected chi connectivity index (χ4v) is 6.88. The summed E-state index contributed by atoms with van der Waals surface area (Å²) >= 11 is 7.99. The summed E-state index contributed by atoms with van der Waals surface area (Å²) in [5.41, 5.74) is 4.60. The number of carboxylic acid groups (broad SMARTS) is 1. The number of allylic oxidation sites excluding steroid dienone is 2. The number of benzene rings is 2. The normalized spacial score (nSPS) is 15.9. The number of hydrogen-bond donors (Lipinski definition) is 2. The van der Waals surface area contributed by atoms with Crippen LogP contribution < -0.4 is 0 Å². The van der Waals surface area contributed by atoms with Crippen LogP contribution >= 0.6 is 23.4 Å². The van der Waals surface area contributed by atoms with Crippen molar-refractivity contribution in [2.75, 3.05) is 5.75 Å². The summed E-state index contributed by atoms with van der Waals surface area (Å²) in [6.07, 6.45) is 11.3. The van der Waals surface area contributed by atoms with Crippen LogP contribution in [-0.2, 0) is 4.79 Å². The Hall–Kier alpha value is -3.12. The van der Waals surface area contributed by atoms with Crippen LogP contribution in [-0.4, -0.2) is 32.5 Å². The number of aliphatic carboxylic acids is 1. The molecule has 6 heteroatoms. The second kappa shape index (κ2) is 13.2. The highest BCUT2D eigenvalue weighted by Crippen LogP contribution is 2.53. The van der Waals surface area contributed by atoms with E-state index in [0.717, 1.165) is 64.7 Å². The summed E-state index contributed by atoms with van der Waals surface area (Å²) < 4.78 is 0. The minimum atomic E-state index is -1.01. The molecule has 0 saturated heterocycles. The Labute approximate surface area is 252 Å². The van der Waals surface area contributed by atoms with Gasteiger partial charge in [0.05, 0.1) is 23.2 Å². The van der Waals surface area contributed by atoms with E-state index in [4.69, 9.17) is 16.6 Å². The topological polar surface area (TPSA) is 70.4 Å². The number of thioether (sulfide) groups is 1. The molecule has 1 unspecified atom stereocenters. The van der Waals surface area contributed by atoms with E-state index >= 15 is 0 Å². The number of pyridine rings is 1. The van der Waals surface area contributed by atoms with Crippen LogP contribution in [0, 0.1) is 5.41 Å². The van der Waals surface area contributed by atoms with Crippen molar-refractivity contribution in [3.63, 3.8) is 0 Å². The van der Waals surface area contributed by atoms with Crippen molar-refractivity contribution in [2.45, 2.75) is 56.8 Å². The number of rotatable bonds is 14. The van der Waals surface area contributed by atoms with E-state index in [-0.39, 0.29) is 17.1 Å². The fraction of sp³-hybridized carbons (Fsp3) is 0.314. The SMILES string of the molecule is C=CC(CCC(SCC1(CC(=O)O)CC1)c1cccc(C=Cc2ccc3ccc(Cl)cc3n2)c1)=C(C=C)C(C)(C)O. The summed E-state index contributed by atoms with van der Waals surface area (Å²) in [7, 11) is 0. The van der Waals surface area contributed by atoms with Crippen LogP contribution in [0.5, 0.6) is 0 Å². The molecule has 1 heterocycles. The molecule has 1 atom stereocenters. The third-order valence-electron chi connectivity index (χ3n) is 7.61. The largest absolute Gasteiger partial charge is 0.481 e. The Morgan fingerprint density at radius 3 is 2.54 bits per heavy atom. The number of aliphatic hydroxyl groups is 1. The first-order chi connectivity index (χ1) is 19.5. The van der Waals surface area contributed by atoms with Crippen LogP contribution in [0.2, 0.25) is 5.02 Å². The van der Waals surface area contributed by atoms with Gasteiger partial charge in [0.1, 0.15) is 0 Å². The van der Waals surface area contributed by atoms with E-state index in [9.17, 15) is 15.0 Å². The molecule has 0 radical (unpaired) electrons. The maximum Gasteiger partial charge on any atom is 0.303 e. The molecule has 1 aliphatic carbocycles. The molecule has 2 N–H and O–H groups in total. The Bertz CT molecular complexity index is 1500. The molecule has 214 valence electrons. The molecule has 4 rings (SSSR count). The zero-order valence-electron chi connectivity index (χ0n) is 23.8. The van der Waals surface area contributed by atoms with Gasteiger partial charge >= 0.3 is 5.97 Å². The van der Waals surface area contributed by atoms with Crippen molar-refractivity contribution in [3.05, 3.63) is 113 Å². The molecule has 1 aliphatic rings. The van der Waals surface area contributed by atoms with Gasteiger partial charge in [-0.15, -0.1) is 0 Å². The number of carbonyl (C=O) groups is 1. The Kier molecular flexibility index (Phi) is 9.96. The highest BCUT2D eigenvalue weighted by Gasteiger charge is 2.44. The van der Waals surface area contributed by atoms with Crippen molar-refractivity contribution >= 4 is 52.4 Å². The molecule has 1 saturated carbocycles. The van der Waals surface area contributed by atoms with E-state index in [1.165, 1.54) is 5.56 Å². The van der Waals surface area contributed by atoms with E-state index in [0.29, 0.717) is 5.02 Å². The summed E-state index contributed by atoms with van der Waals surface area (Å²) in [6.45, 7) is 11.4. The monoisotopic (exact) mass is 587 g/mol. The molecular formula is C35H38ClNO3S. The van der Waals surface area contributed by atoms with E-state index in [1.54, 1.807) is 19.9 Å². The lowest BCUT2D eigenvalue weighted by Gasteiger charge is -2.24. The summed E-state index contributed by atoms with van der Waals surface area (Å²) in [6, 6.07) is 18.2. The number of carboxylic acids is 1. The number of aromatic nitrogens is 1. The van der Waals surface area contributed by atoms with Gasteiger partial charge in [0, 0.05) is 21.4 Å². The van der Waals surface area contributed by atoms with Crippen molar-refractivity contribution in [1.29, 1.82) is 0 Å². The third kappa shape index (κ3) is 8.45. The van der Waals surface area contributed by atoms with Gasteiger partial charge in [-0.05, 0) is 91.5 Å². The van der Waals surface area contributed by atoms with E-state index in [2.05, 4.69) is 43.5 Å². The highest BCUT2D eigenvalue weighted by atomic mass is 35.5. The molecule has 0 bridgehead atoms. The minimum Gasteiger partial charge on any atom is -0.481 e. The number of fused-ring (bicyclic) bond motifs is 1. The minimum absolute atomic E-state index is 0.104. The quantitative estimate of drug-likeness (QED) is 0.184. The van der Waals surface area contributed by atoms with Crippen LogP contribution in [0.3, 0.4) is 0 Å². The predicted octanol–water partition coefficient (Wildman–Crippen LogP) is 9.31. The predicted molar refractivity (Wildman–Crippen MR) is 174 cm³/mol. The molecule has 4 nitrogen and oxygen atoms in total. The Balaban J connectivity index is 1.58. The zero-order valence-corrected chi connectivity index (χ0v) is 25.3. The lowest BCUT2D eigenvalue weighted by Crippen LogP contribution is -2.22. The first kappa shape index (κ1) is 30.8. The first-order valence-electron chi connectivity index (χ1n) is 13.9. The van der Waals surface area contributed by atoms with Gasteiger partial charge in [-0.1, -0.05) is 79.4 Å². The Morgan fingerprint density at radius 2 is 1.88 bits per heavy atom. The highest BCUT2D eigenvalue weighted by molar-refractivity contribution is 7.99. The molecule has 3 aromatic rings. The lowest BCUT2D eigenvalue weighted by atomic mass is 9.90. The molecule has 2 aromatic carbocycles. The average Bonchev–Trinajstić information content (AvgIpc) is 3.68. The van der Waals surface area contributed by atoms with E-state index < -0.39 is 11.6 Å². The van der Waals surface area contributed by atoms with Gasteiger partial charge in [0.25, 0.3) is 0 Å². The van der Waals surface area contributed by atoms with Gasteiger partial charge in [-0.3, -0.25) is 4.79 Å². The lowest BCUT2D eigenvalue weighted by molar-refractivity contribution is -0.138. The van der Waals surface area contributed by atoms with Gasteiger partial charge < -0.3 is 10.2 Å². The molecule has 0 spiro atoms. The van der Waals surface area contributed by atoms with Crippen LogP contribution in [0.15, 0.2) is 91.1 Å². The molecule has 1 fully saturated rings. The van der Waals surface area contributed by atoms with Crippen molar-refractivity contribution in [2.24, 2.45) is 5.41 Å². The van der Waals surface area contributed by atoms with Gasteiger partial charge in [0.15, 0.2) is 0 Å². The fourth-order valence-electron chi connectivity index (χ4n) is 5.14. The molecular weight excluding hydrogens is 550 g/mol. The first-order valence-corrected chi connectivity index (χ1v) is 15.3. The molecule has 41 heavy (non-hydrogen) atoms. The summed E-state index contributed by atoms with van der Waals surface area (Å²) in [5.74, 6) is 0.0784. The third-order valence-corrected chi connectivity index (χ3v) is 9.53. The van der Waals surface area contributed by atoms with Crippen molar-refractivity contribution in [1.82, 2.24) is 4.98 Å². The Morgan fingerprint density at radius 1 is 1.12 bits per heavy atom. The van der Waals surface area contributed by atoms with Gasteiger partial charge in [0.2, 0.25) is 0 Å². The van der Waals surface area contributed by atoms with Gasteiger partial charge in [-0.25, -0.2) is 4.98 Å². The molecule has 0 aliphatic heterocycles. The molecule has 1 aromatic heterocycles. The second-order valence-corrected chi connectivity index (χ2v) is 13.0. The average molecular weight is 588 g/mol. The summed E-state index contributed by atoms with van der Waals surface area (Å²) in [5, 5.41) is 22.0. The van der Waals surface area contributed by atoms with E-state index in [1.807, 2.05) is 54.2 Å². The molecule has 0 amide bonds. The number of halogens is 1. The van der Waals surface area contributed by atoms with Crippen LogP contribution in [0.4, 0.5) is 0 Å². The smallest absolute Gasteiger partial charge is 0.303 e. The van der Waals surface area contributed by atoms with Crippen molar-refractivity contribution in [3.8, 4) is 0 Å². The van der Waals surface area contributed by atoms with Crippen LogP contribution in [0.25, 0.3) is 23.1 Å².